The lowest BCUT2D eigenvalue weighted by atomic mass is 10.2. The molecule has 0 fully saturated rings. The van der Waals surface area contributed by atoms with E-state index in [1.165, 1.54) is 25.3 Å². The lowest BCUT2D eigenvalue weighted by molar-refractivity contribution is 0.102. The van der Waals surface area contributed by atoms with E-state index in [0.29, 0.717) is 11.4 Å². The van der Waals surface area contributed by atoms with Gasteiger partial charge in [-0.05, 0) is 36.4 Å². The number of pyridine rings is 2. The standard InChI is InChI=1S/C18H14FN3O3/c1-25-16-10-11(19)5-7-15(16)22-18(24)12-6-8-14(21-17(12)23)13-4-2-3-9-20-13/h2-10H,1H3,(H,21,23)(H,22,24). The molecular formula is C18H14FN3O3. The van der Waals surface area contributed by atoms with Gasteiger partial charge in [-0.2, -0.15) is 0 Å². The molecule has 1 amide bonds. The van der Waals surface area contributed by atoms with E-state index in [4.69, 9.17) is 4.74 Å². The van der Waals surface area contributed by atoms with E-state index in [9.17, 15) is 14.0 Å². The van der Waals surface area contributed by atoms with Crippen LogP contribution in [0.4, 0.5) is 10.1 Å². The molecule has 1 aromatic carbocycles. The van der Waals surface area contributed by atoms with Crippen molar-refractivity contribution < 1.29 is 13.9 Å². The Balaban J connectivity index is 1.87. The highest BCUT2D eigenvalue weighted by Crippen LogP contribution is 2.25. The van der Waals surface area contributed by atoms with Crippen LogP contribution in [-0.4, -0.2) is 23.0 Å². The molecule has 0 saturated heterocycles. The third-order valence-corrected chi connectivity index (χ3v) is 3.51. The van der Waals surface area contributed by atoms with Crippen LogP contribution < -0.4 is 15.6 Å². The second kappa shape index (κ2) is 6.96. The lowest BCUT2D eigenvalue weighted by Gasteiger charge is -2.10. The van der Waals surface area contributed by atoms with Gasteiger partial charge in [0.25, 0.3) is 11.5 Å². The highest BCUT2D eigenvalue weighted by molar-refractivity contribution is 6.04. The summed E-state index contributed by atoms with van der Waals surface area (Å²) in [5.74, 6) is -0.957. The molecule has 126 valence electrons. The van der Waals surface area contributed by atoms with Gasteiger partial charge in [-0.1, -0.05) is 6.07 Å². The maximum Gasteiger partial charge on any atom is 0.261 e. The summed E-state index contributed by atoms with van der Waals surface area (Å²) in [5, 5.41) is 2.54. The number of ether oxygens (including phenoxy) is 1. The first-order valence-electron chi connectivity index (χ1n) is 7.38. The van der Waals surface area contributed by atoms with Gasteiger partial charge in [0.2, 0.25) is 0 Å². The van der Waals surface area contributed by atoms with Crippen molar-refractivity contribution in [3.8, 4) is 17.1 Å². The first-order valence-corrected chi connectivity index (χ1v) is 7.38. The van der Waals surface area contributed by atoms with Gasteiger partial charge < -0.3 is 15.0 Å². The van der Waals surface area contributed by atoms with E-state index in [2.05, 4.69) is 15.3 Å². The Morgan fingerprint density at radius 3 is 2.72 bits per heavy atom. The molecule has 25 heavy (non-hydrogen) atoms. The van der Waals surface area contributed by atoms with Crippen molar-refractivity contribution in [2.75, 3.05) is 12.4 Å². The van der Waals surface area contributed by atoms with Crippen LogP contribution in [0.3, 0.4) is 0 Å². The zero-order valence-corrected chi connectivity index (χ0v) is 13.2. The summed E-state index contributed by atoms with van der Waals surface area (Å²) < 4.78 is 18.2. The first-order chi connectivity index (χ1) is 12.1. The quantitative estimate of drug-likeness (QED) is 0.765. The number of amides is 1. The van der Waals surface area contributed by atoms with Gasteiger partial charge in [0.15, 0.2) is 0 Å². The number of halogens is 1. The average molecular weight is 339 g/mol. The lowest BCUT2D eigenvalue weighted by Crippen LogP contribution is -2.23. The predicted octanol–water partition coefficient (Wildman–Crippen LogP) is 2.84. The normalized spacial score (nSPS) is 10.3. The number of nitrogens with one attached hydrogen (secondary N) is 2. The number of hydrogen-bond acceptors (Lipinski definition) is 4. The Morgan fingerprint density at radius 2 is 2.04 bits per heavy atom. The Hall–Kier alpha value is -3.48. The summed E-state index contributed by atoms with van der Waals surface area (Å²) in [6.07, 6.45) is 1.61. The molecule has 2 N–H and O–H groups in total. The number of benzene rings is 1. The summed E-state index contributed by atoms with van der Waals surface area (Å²) >= 11 is 0. The minimum Gasteiger partial charge on any atom is -0.494 e. The average Bonchev–Trinajstić information content (AvgIpc) is 2.63. The number of carbonyl (C=O) groups is 1. The van der Waals surface area contributed by atoms with Crippen molar-refractivity contribution in [1.82, 2.24) is 9.97 Å². The number of nitrogens with zero attached hydrogens (tertiary/aromatic N) is 1. The molecule has 7 heteroatoms. The molecule has 0 aliphatic rings. The van der Waals surface area contributed by atoms with E-state index in [1.807, 2.05) is 0 Å². The fourth-order valence-electron chi connectivity index (χ4n) is 2.28. The third-order valence-electron chi connectivity index (χ3n) is 3.51. The van der Waals surface area contributed by atoms with Gasteiger partial charge in [0.1, 0.15) is 17.1 Å². The number of hydrogen-bond donors (Lipinski definition) is 2. The van der Waals surface area contributed by atoms with E-state index in [0.717, 1.165) is 6.07 Å². The summed E-state index contributed by atoms with van der Waals surface area (Å²) in [5.41, 5.74) is 0.725. The summed E-state index contributed by atoms with van der Waals surface area (Å²) in [6, 6.07) is 12.0. The molecule has 0 atom stereocenters. The Labute approximate surface area is 142 Å². The fourth-order valence-corrected chi connectivity index (χ4v) is 2.28. The number of aromatic nitrogens is 2. The number of carbonyl (C=O) groups excluding carboxylic acids is 1. The van der Waals surface area contributed by atoms with Crippen LogP contribution >= 0.6 is 0 Å². The van der Waals surface area contributed by atoms with Crippen molar-refractivity contribution in [2.45, 2.75) is 0 Å². The molecule has 2 heterocycles. The number of rotatable bonds is 4. The monoisotopic (exact) mass is 339 g/mol. The van der Waals surface area contributed by atoms with Gasteiger partial charge in [0, 0.05) is 12.3 Å². The molecule has 0 saturated carbocycles. The first kappa shape index (κ1) is 16.4. The second-order valence-electron chi connectivity index (χ2n) is 5.13. The molecule has 6 nitrogen and oxygen atoms in total. The summed E-state index contributed by atoms with van der Waals surface area (Å²) in [4.78, 5) is 31.3. The number of aromatic amines is 1. The van der Waals surface area contributed by atoms with Gasteiger partial charge in [-0.15, -0.1) is 0 Å². The van der Waals surface area contributed by atoms with Crippen molar-refractivity contribution >= 4 is 11.6 Å². The van der Waals surface area contributed by atoms with Crippen LogP contribution in [0, 0.1) is 5.82 Å². The molecular weight excluding hydrogens is 325 g/mol. The zero-order chi connectivity index (χ0) is 17.8. The topological polar surface area (TPSA) is 84.1 Å². The summed E-state index contributed by atoms with van der Waals surface area (Å²) in [7, 11) is 1.36. The molecule has 0 unspecified atom stereocenters. The maximum absolute atomic E-state index is 13.2. The minimum absolute atomic E-state index is 0.0777. The Morgan fingerprint density at radius 1 is 1.20 bits per heavy atom. The zero-order valence-electron chi connectivity index (χ0n) is 13.2. The highest BCUT2D eigenvalue weighted by atomic mass is 19.1. The molecule has 3 rings (SSSR count). The van der Waals surface area contributed by atoms with E-state index >= 15 is 0 Å². The van der Waals surface area contributed by atoms with Crippen molar-refractivity contribution in [3.63, 3.8) is 0 Å². The van der Waals surface area contributed by atoms with E-state index < -0.39 is 17.3 Å². The van der Waals surface area contributed by atoms with Gasteiger partial charge in [0.05, 0.1) is 24.2 Å². The van der Waals surface area contributed by atoms with Crippen molar-refractivity contribution in [3.05, 3.63) is 76.5 Å². The van der Waals surface area contributed by atoms with Crippen LogP contribution in [0.5, 0.6) is 5.75 Å². The summed E-state index contributed by atoms with van der Waals surface area (Å²) in [6.45, 7) is 0. The van der Waals surface area contributed by atoms with Crippen LogP contribution in [0.1, 0.15) is 10.4 Å². The molecule has 0 radical (unpaired) electrons. The highest BCUT2D eigenvalue weighted by Gasteiger charge is 2.14. The molecule has 3 aromatic rings. The van der Waals surface area contributed by atoms with Crippen LogP contribution in [-0.2, 0) is 0 Å². The van der Waals surface area contributed by atoms with Gasteiger partial charge >= 0.3 is 0 Å². The Bertz CT molecular complexity index is 971. The van der Waals surface area contributed by atoms with E-state index in [1.54, 1.807) is 30.5 Å². The number of methoxy groups -OCH3 is 1. The second-order valence-corrected chi connectivity index (χ2v) is 5.13. The molecule has 0 bridgehead atoms. The largest absolute Gasteiger partial charge is 0.494 e. The van der Waals surface area contributed by atoms with Gasteiger partial charge in [-0.3, -0.25) is 14.6 Å². The van der Waals surface area contributed by atoms with Crippen molar-refractivity contribution in [1.29, 1.82) is 0 Å². The number of anilines is 1. The maximum atomic E-state index is 13.2. The molecule has 0 aliphatic carbocycles. The fraction of sp³-hybridized carbons (Fsp3) is 0.0556. The minimum atomic E-state index is -0.626. The van der Waals surface area contributed by atoms with E-state index in [-0.39, 0.29) is 17.0 Å². The van der Waals surface area contributed by atoms with Gasteiger partial charge in [-0.25, -0.2) is 4.39 Å². The smallest absolute Gasteiger partial charge is 0.261 e. The van der Waals surface area contributed by atoms with Crippen LogP contribution in [0.2, 0.25) is 0 Å². The van der Waals surface area contributed by atoms with Crippen LogP contribution in [0.25, 0.3) is 11.4 Å². The SMILES string of the molecule is COc1cc(F)ccc1NC(=O)c1ccc(-c2ccccn2)[nH]c1=O. The third kappa shape index (κ3) is 3.55. The number of H-pyrrole nitrogens is 1. The van der Waals surface area contributed by atoms with Crippen LogP contribution in [0.15, 0.2) is 59.5 Å². The Kier molecular flexibility index (Phi) is 4.56. The molecule has 0 spiro atoms. The van der Waals surface area contributed by atoms with Crippen molar-refractivity contribution in [2.24, 2.45) is 0 Å². The molecule has 2 aromatic heterocycles. The predicted molar refractivity (Wildman–Crippen MR) is 91.2 cm³/mol. The molecule has 0 aliphatic heterocycles.